The predicted molar refractivity (Wildman–Crippen MR) is 106 cm³/mol. The maximum Gasteiger partial charge on any atom is 0.267 e. The number of furan rings is 1. The van der Waals surface area contributed by atoms with Crippen LogP contribution in [0.1, 0.15) is 22.2 Å². The number of carbonyl (C=O) groups is 1. The number of aliphatic hydroxyl groups is 1. The second kappa shape index (κ2) is 7.62. The van der Waals surface area contributed by atoms with Crippen LogP contribution in [0.2, 0.25) is 0 Å². The minimum absolute atomic E-state index is 0.109. The van der Waals surface area contributed by atoms with E-state index < -0.39 is 6.10 Å². The van der Waals surface area contributed by atoms with Gasteiger partial charge in [0.15, 0.2) is 0 Å². The Balaban J connectivity index is 1.40. The summed E-state index contributed by atoms with van der Waals surface area (Å²) in [5, 5.41) is 14.1. The van der Waals surface area contributed by atoms with Crippen molar-refractivity contribution < 1.29 is 19.1 Å². The van der Waals surface area contributed by atoms with Crippen LogP contribution in [0.4, 0.5) is 0 Å². The first-order chi connectivity index (χ1) is 13.6. The van der Waals surface area contributed by atoms with E-state index in [1.807, 2.05) is 54.6 Å². The summed E-state index contributed by atoms with van der Waals surface area (Å²) in [5.74, 6) is 1.21. The van der Waals surface area contributed by atoms with Gasteiger partial charge in [-0.3, -0.25) is 4.79 Å². The van der Waals surface area contributed by atoms with Crippen LogP contribution in [0.3, 0.4) is 0 Å². The van der Waals surface area contributed by atoms with Crippen LogP contribution in [0.25, 0.3) is 22.2 Å². The molecule has 0 bridgehead atoms. The molecule has 0 saturated heterocycles. The van der Waals surface area contributed by atoms with E-state index in [0.717, 1.165) is 33.5 Å². The number of H-pyrrole nitrogens is 1. The Bertz CT molecular complexity index is 1080. The van der Waals surface area contributed by atoms with Gasteiger partial charge in [-0.15, -0.1) is 0 Å². The number of ether oxygens (including phenoxy) is 1. The Morgan fingerprint density at radius 1 is 1.18 bits per heavy atom. The molecule has 0 saturated carbocycles. The fourth-order valence-electron chi connectivity index (χ4n) is 3.07. The molecule has 1 atom stereocenters. The summed E-state index contributed by atoms with van der Waals surface area (Å²) in [7, 11) is 1.60. The maximum atomic E-state index is 12.4. The van der Waals surface area contributed by atoms with E-state index in [9.17, 15) is 9.90 Å². The van der Waals surface area contributed by atoms with Gasteiger partial charge in [-0.05, 0) is 35.9 Å². The largest absolute Gasteiger partial charge is 0.497 e. The first-order valence-corrected chi connectivity index (χ1v) is 8.91. The fraction of sp³-hybridized carbons (Fsp3) is 0.136. The molecule has 142 valence electrons. The summed E-state index contributed by atoms with van der Waals surface area (Å²) in [5.41, 5.74) is 2.90. The normalized spacial score (nSPS) is 12.1. The number of benzene rings is 2. The molecule has 6 heteroatoms. The zero-order valence-corrected chi connectivity index (χ0v) is 15.3. The van der Waals surface area contributed by atoms with E-state index in [-0.39, 0.29) is 12.5 Å². The van der Waals surface area contributed by atoms with E-state index >= 15 is 0 Å². The van der Waals surface area contributed by atoms with Crippen molar-refractivity contribution in [3.63, 3.8) is 0 Å². The molecule has 0 spiro atoms. The average Bonchev–Trinajstić information content (AvgIpc) is 3.41. The predicted octanol–water partition coefficient (Wildman–Crippen LogP) is 3.90. The van der Waals surface area contributed by atoms with E-state index in [1.165, 1.54) is 0 Å². The minimum Gasteiger partial charge on any atom is -0.497 e. The van der Waals surface area contributed by atoms with Gasteiger partial charge < -0.3 is 24.6 Å². The van der Waals surface area contributed by atoms with E-state index in [4.69, 9.17) is 9.15 Å². The second-order valence-corrected chi connectivity index (χ2v) is 6.46. The van der Waals surface area contributed by atoms with Crippen molar-refractivity contribution in [2.24, 2.45) is 0 Å². The molecule has 28 heavy (non-hydrogen) atoms. The Morgan fingerprint density at radius 2 is 2.00 bits per heavy atom. The molecule has 0 aliphatic rings. The van der Waals surface area contributed by atoms with Crippen molar-refractivity contribution in [1.82, 2.24) is 10.3 Å². The summed E-state index contributed by atoms with van der Waals surface area (Å²) in [6, 6.07) is 18.4. The first-order valence-electron chi connectivity index (χ1n) is 8.91. The van der Waals surface area contributed by atoms with Gasteiger partial charge in [0.2, 0.25) is 0 Å². The molecule has 2 aromatic carbocycles. The van der Waals surface area contributed by atoms with Gasteiger partial charge in [0, 0.05) is 29.1 Å². The van der Waals surface area contributed by atoms with E-state index in [1.54, 1.807) is 19.4 Å². The Kier molecular flexibility index (Phi) is 4.87. The lowest BCUT2D eigenvalue weighted by Crippen LogP contribution is -2.28. The molecule has 4 aromatic rings. The van der Waals surface area contributed by atoms with Crippen LogP contribution < -0.4 is 10.1 Å². The van der Waals surface area contributed by atoms with Crippen molar-refractivity contribution in [1.29, 1.82) is 0 Å². The molecule has 0 aliphatic heterocycles. The summed E-state index contributed by atoms with van der Waals surface area (Å²) in [6.45, 7) is 0.109. The minimum atomic E-state index is -0.806. The van der Waals surface area contributed by atoms with Crippen molar-refractivity contribution in [2.45, 2.75) is 6.10 Å². The van der Waals surface area contributed by atoms with E-state index in [2.05, 4.69) is 10.3 Å². The van der Waals surface area contributed by atoms with Gasteiger partial charge in [0.05, 0.1) is 19.5 Å². The number of hydrogen-bond donors (Lipinski definition) is 3. The molecular formula is C22H20N2O4. The third kappa shape index (κ3) is 3.63. The summed E-state index contributed by atoms with van der Waals surface area (Å²) >= 11 is 0. The Labute approximate surface area is 161 Å². The van der Waals surface area contributed by atoms with Crippen LogP contribution in [0.5, 0.6) is 5.75 Å². The van der Waals surface area contributed by atoms with Crippen molar-refractivity contribution in [2.75, 3.05) is 13.7 Å². The summed E-state index contributed by atoms with van der Waals surface area (Å²) < 4.78 is 10.5. The lowest BCUT2D eigenvalue weighted by Gasteiger charge is -2.12. The van der Waals surface area contributed by atoms with Gasteiger partial charge in [0.25, 0.3) is 5.91 Å². The number of amides is 1. The fourth-order valence-corrected chi connectivity index (χ4v) is 3.07. The number of methoxy groups -OCH3 is 1. The second-order valence-electron chi connectivity index (χ2n) is 6.46. The topological polar surface area (TPSA) is 87.5 Å². The number of hydrogen-bond acceptors (Lipinski definition) is 4. The molecule has 6 nitrogen and oxygen atoms in total. The van der Waals surface area contributed by atoms with Crippen LogP contribution in [0, 0.1) is 0 Å². The molecule has 2 aromatic heterocycles. The van der Waals surface area contributed by atoms with Crippen molar-refractivity contribution >= 4 is 16.8 Å². The molecule has 4 rings (SSSR count). The Hall–Kier alpha value is -3.51. The van der Waals surface area contributed by atoms with Crippen molar-refractivity contribution in [3.8, 4) is 17.1 Å². The zero-order valence-electron chi connectivity index (χ0n) is 15.3. The number of nitrogens with one attached hydrogen (secondary N) is 2. The molecule has 1 unspecified atom stereocenters. The smallest absolute Gasteiger partial charge is 0.267 e. The van der Waals surface area contributed by atoms with Crippen LogP contribution in [-0.4, -0.2) is 29.7 Å². The lowest BCUT2D eigenvalue weighted by atomic mass is 10.1. The highest BCUT2D eigenvalue weighted by molar-refractivity contribution is 5.98. The monoisotopic (exact) mass is 376 g/mol. The lowest BCUT2D eigenvalue weighted by molar-refractivity contribution is 0.0912. The molecule has 1 amide bonds. The maximum absolute atomic E-state index is 12.4. The van der Waals surface area contributed by atoms with Gasteiger partial charge in [0.1, 0.15) is 17.2 Å². The van der Waals surface area contributed by atoms with Crippen LogP contribution in [-0.2, 0) is 0 Å². The molecule has 3 N–H and O–H groups in total. The van der Waals surface area contributed by atoms with Crippen LogP contribution in [0.15, 0.2) is 71.3 Å². The first kappa shape index (κ1) is 17.9. The quantitative estimate of drug-likeness (QED) is 0.476. The average molecular weight is 376 g/mol. The van der Waals surface area contributed by atoms with Crippen LogP contribution >= 0.6 is 0 Å². The molecule has 2 heterocycles. The van der Waals surface area contributed by atoms with Gasteiger partial charge in [-0.1, -0.05) is 24.3 Å². The molecule has 0 radical (unpaired) electrons. The zero-order chi connectivity index (χ0) is 19.5. The number of aromatic amines is 1. The van der Waals surface area contributed by atoms with Gasteiger partial charge in [-0.2, -0.15) is 0 Å². The number of fused-ring (bicyclic) bond motifs is 1. The van der Waals surface area contributed by atoms with Gasteiger partial charge in [-0.25, -0.2) is 0 Å². The highest BCUT2D eigenvalue weighted by Crippen LogP contribution is 2.23. The van der Waals surface area contributed by atoms with E-state index in [0.29, 0.717) is 5.69 Å². The third-order valence-corrected chi connectivity index (χ3v) is 4.63. The molecule has 0 fully saturated rings. The number of rotatable bonds is 6. The molecular weight excluding hydrogens is 356 g/mol. The van der Waals surface area contributed by atoms with Gasteiger partial charge >= 0.3 is 0 Å². The Morgan fingerprint density at radius 3 is 2.71 bits per heavy atom. The van der Waals surface area contributed by atoms with Crippen molar-refractivity contribution in [3.05, 3.63) is 78.2 Å². The highest BCUT2D eigenvalue weighted by atomic mass is 16.5. The number of carbonyl (C=O) groups excluding carboxylic acids is 1. The molecule has 0 aliphatic carbocycles. The SMILES string of the molecule is COc1ccc2cc(C(=O)NCC(O)c3ccc(-c4ccco4)cc3)[nH]c2c1. The number of aromatic nitrogens is 1. The number of aliphatic hydroxyl groups excluding tert-OH is 1. The standard InChI is InChI=1S/C22H20N2O4/c1-27-17-9-8-16-11-19(24-18(16)12-17)22(26)23-13-20(25)14-4-6-15(7-5-14)21-3-2-10-28-21/h2-12,20,24-25H,13H2,1H3,(H,23,26). The highest BCUT2D eigenvalue weighted by Gasteiger charge is 2.13. The summed E-state index contributed by atoms with van der Waals surface area (Å²) in [4.78, 5) is 15.5. The third-order valence-electron chi connectivity index (χ3n) is 4.63. The summed E-state index contributed by atoms with van der Waals surface area (Å²) in [6.07, 6.45) is 0.812.